The van der Waals surface area contributed by atoms with E-state index in [1.54, 1.807) is 0 Å². The van der Waals surface area contributed by atoms with Crippen molar-refractivity contribution in [1.82, 2.24) is 0 Å². The van der Waals surface area contributed by atoms with E-state index in [0.717, 1.165) is 16.6 Å². The molecule has 3 rings (SSSR count). The highest BCUT2D eigenvalue weighted by atomic mass is 79.9. The van der Waals surface area contributed by atoms with Crippen LogP contribution in [0.2, 0.25) is 0 Å². The molecule has 0 fully saturated rings. The third kappa shape index (κ3) is 2.60. The molecule has 0 aliphatic carbocycles. The molecule has 2 aromatic carbocycles. The van der Waals surface area contributed by atoms with Gasteiger partial charge in [0.05, 0.1) is 6.61 Å². The highest BCUT2D eigenvalue weighted by molar-refractivity contribution is 9.10. The van der Waals surface area contributed by atoms with Gasteiger partial charge in [-0.2, -0.15) is 0 Å². The van der Waals surface area contributed by atoms with Crippen LogP contribution in [-0.4, -0.2) is 18.3 Å². The smallest absolute Gasteiger partial charge is 0.122 e. The lowest BCUT2D eigenvalue weighted by Crippen LogP contribution is -2.11. The lowest BCUT2D eigenvalue weighted by molar-refractivity contribution is 0.243. The quantitative estimate of drug-likeness (QED) is 0.913. The highest BCUT2D eigenvalue weighted by Gasteiger charge is 2.27. The monoisotopic (exact) mass is 332 g/mol. The van der Waals surface area contributed by atoms with E-state index in [9.17, 15) is 5.11 Å². The molecule has 1 heterocycles. The summed E-state index contributed by atoms with van der Waals surface area (Å²) in [6.07, 6.45) is 0.899. The van der Waals surface area contributed by atoms with Crippen LogP contribution in [0.5, 0.6) is 5.75 Å². The maximum Gasteiger partial charge on any atom is 0.122 e. The molecular weight excluding hydrogens is 316 g/mol. The number of benzene rings is 2. The molecular formula is C17H17BrO2. The van der Waals surface area contributed by atoms with Crippen LogP contribution in [0.15, 0.2) is 53.0 Å². The van der Waals surface area contributed by atoms with Gasteiger partial charge in [-0.05, 0) is 24.1 Å². The Morgan fingerprint density at radius 3 is 2.70 bits per heavy atom. The lowest BCUT2D eigenvalue weighted by Gasteiger charge is -2.19. The predicted molar refractivity (Wildman–Crippen MR) is 83.3 cm³/mol. The first kappa shape index (κ1) is 13.7. The van der Waals surface area contributed by atoms with Crippen molar-refractivity contribution >= 4 is 15.9 Å². The molecule has 0 saturated carbocycles. The van der Waals surface area contributed by atoms with Gasteiger partial charge in [0.2, 0.25) is 0 Å². The number of hydrogen-bond donors (Lipinski definition) is 1. The maximum atomic E-state index is 9.75. The Labute approximate surface area is 127 Å². The summed E-state index contributed by atoms with van der Waals surface area (Å²) in [5, 5.41) is 9.75. The van der Waals surface area contributed by atoms with Gasteiger partial charge in [-0.25, -0.2) is 0 Å². The summed E-state index contributed by atoms with van der Waals surface area (Å²) >= 11 is 3.58. The summed E-state index contributed by atoms with van der Waals surface area (Å²) in [6.45, 7) is 0.863. The molecule has 0 saturated heterocycles. The van der Waals surface area contributed by atoms with Gasteiger partial charge >= 0.3 is 0 Å². The molecule has 0 bridgehead atoms. The van der Waals surface area contributed by atoms with Crippen LogP contribution in [-0.2, 0) is 0 Å². The Hall–Kier alpha value is -1.32. The van der Waals surface area contributed by atoms with Crippen LogP contribution >= 0.6 is 15.9 Å². The zero-order chi connectivity index (χ0) is 13.9. The van der Waals surface area contributed by atoms with Crippen molar-refractivity contribution in [2.75, 3.05) is 13.2 Å². The molecule has 0 aromatic heterocycles. The van der Waals surface area contributed by atoms with E-state index in [4.69, 9.17) is 4.74 Å². The second-order valence-electron chi connectivity index (χ2n) is 5.18. The molecule has 1 N–H and O–H groups in total. The minimum Gasteiger partial charge on any atom is -0.493 e. The highest BCUT2D eigenvalue weighted by Crippen LogP contribution is 2.40. The first-order chi connectivity index (χ1) is 9.79. The minimum atomic E-state index is 0.130. The van der Waals surface area contributed by atoms with Crippen LogP contribution in [0.4, 0.5) is 0 Å². The number of aliphatic hydroxyl groups excluding tert-OH is 1. The summed E-state index contributed by atoms with van der Waals surface area (Å²) in [5.41, 5.74) is 2.43. The van der Waals surface area contributed by atoms with Crippen molar-refractivity contribution in [1.29, 1.82) is 0 Å². The van der Waals surface area contributed by atoms with Gasteiger partial charge in [0.15, 0.2) is 0 Å². The topological polar surface area (TPSA) is 29.5 Å². The first-order valence-corrected chi connectivity index (χ1v) is 7.66. The number of halogens is 1. The molecule has 1 aliphatic rings. The number of ether oxygens (including phenoxy) is 1. The largest absolute Gasteiger partial charge is 0.493 e. The molecule has 2 unspecified atom stereocenters. The summed E-state index contributed by atoms with van der Waals surface area (Å²) in [6, 6.07) is 16.3. The lowest BCUT2D eigenvalue weighted by atomic mass is 9.86. The molecule has 2 atom stereocenters. The molecule has 0 radical (unpaired) electrons. The zero-order valence-electron chi connectivity index (χ0n) is 11.1. The molecule has 2 aromatic rings. The SMILES string of the molecule is OCC(CC1COc2ccccc21)c1ccccc1Br. The Morgan fingerprint density at radius 2 is 1.90 bits per heavy atom. The van der Waals surface area contributed by atoms with Crippen molar-refractivity contribution in [3.8, 4) is 5.75 Å². The van der Waals surface area contributed by atoms with Crippen LogP contribution in [0.1, 0.15) is 29.4 Å². The van der Waals surface area contributed by atoms with Gasteiger partial charge in [-0.3, -0.25) is 0 Å². The van der Waals surface area contributed by atoms with E-state index in [1.165, 1.54) is 11.1 Å². The Morgan fingerprint density at radius 1 is 1.15 bits per heavy atom. The van der Waals surface area contributed by atoms with Gasteiger partial charge in [-0.15, -0.1) is 0 Å². The number of rotatable bonds is 4. The van der Waals surface area contributed by atoms with Crippen molar-refractivity contribution in [2.24, 2.45) is 0 Å². The van der Waals surface area contributed by atoms with E-state index >= 15 is 0 Å². The van der Waals surface area contributed by atoms with Gasteiger partial charge < -0.3 is 9.84 Å². The maximum absolute atomic E-state index is 9.75. The van der Waals surface area contributed by atoms with Crippen LogP contribution in [0, 0.1) is 0 Å². The Balaban J connectivity index is 1.82. The minimum absolute atomic E-state index is 0.130. The van der Waals surface area contributed by atoms with Crippen molar-refractivity contribution in [2.45, 2.75) is 18.3 Å². The van der Waals surface area contributed by atoms with Crippen LogP contribution in [0.3, 0.4) is 0 Å². The Bertz CT molecular complexity index is 597. The van der Waals surface area contributed by atoms with E-state index in [0.29, 0.717) is 12.5 Å². The van der Waals surface area contributed by atoms with Crippen molar-refractivity contribution in [3.63, 3.8) is 0 Å². The average Bonchev–Trinajstić information content (AvgIpc) is 2.89. The molecule has 1 aliphatic heterocycles. The fraction of sp³-hybridized carbons (Fsp3) is 0.294. The molecule has 0 amide bonds. The fourth-order valence-electron chi connectivity index (χ4n) is 2.87. The third-order valence-corrected chi connectivity index (χ3v) is 4.66. The van der Waals surface area contributed by atoms with E-state index in [-0.39, 0.29) is 12.5 Å². The standard InChI is InChI=1S/C17H17BrO2/c18-16-7-3-1-5-14(16)12(10-19)9-13-11-20-17-8-4-2-6-15(13)17/h1-8,12-13,19H,9-11H2. The molecule has 2 nitrogen and oxygen atoms in total. The number of aliphatic hydroxyl groups is 1. The zero-order valence-corrected chi connectivity index (χ0v) is 12.7. The molecule has 3 heteroatoms. The second kappa shape index (κ2) is 5.98. The van der Waals surface area contributed by atoms with Crippen molar-refractivity contribution < 1.29 is 9.84 Å². The third-order valence-electron chi connectivity index (χ3n) is 3.93. The van der Waals surface area contributed by atoms with E-state index in [1.807, 2.05) is 36.4 Å². The molecule has 20 heavy (non-hydrogen) atoms. The second-order valence-corrected chi connectivity index (χ2v) is 6.04. The normalized spacial score (nSPS) is 18.4. The van der Waals surface area contributed by atoms with E-state index in [2.05, 4.69) is 28.1 Å². The molecule has 104 valence electrons. The van der Waals surface area contributed by atoms with Crippen LogP contribution in [0.25, 0.3) is 0 Å². The van der Waals surface area contributed by atoms with Gasteiger partial charge in [0, 0.05) is 28.5 Å². The van der Waals surface area contributed by atoms with Crippen molar-refractivity contribution in [3.05, 3.63) is 64.1 Å². The average molecular weight is 333 g/mol. The summed E-state index contributed by atoms with van der Waals surface area (Å²) in [7, 11) is 0. The van der Waals surface area contributed by atoms with Gasteiger partial charge in [0.1, 0.15) is 5.75 Å². The predicted octanol–water partition coefficient (Wildman–Crippen LogP) is 4.09. The fourth-order valence-corrected chi connectivity index (χ4v) is 3.48. The first-order valence-electron chi connectivity index (χ1n) is 6.86. The number of para-hydroxylation sites is 1. The summed E-state index contributed by atoms with van der Waals surface area (Å²) < 4.78 is 6.79. The van der Waals surface area contributed by atoms with Crippen LogP contribution < -0.4 is 4.74 Å². The summed E-state index contributed by atoms with van der Waals surface area (Å²) in [5.74, 6) is 1.47. The number of hydrogen-bond acceptors (Lipinski definition) is 2. The Kier molecular flexibility index (Phi) is 4.08. The number of fused-ring (bicyclic) bond motifs is 1. The summed E-state index contributed by atoms with van der Waals surface area (Å²) in [4.78, 5) is 0. The van der Waals surface area contributed by atoms with Gasteiger partial charge in [-0.1, -0.05) is 52.3 Å². The van der Waals surface area contributed by atoms with E-state index < -0.39 is 0 Å². The van der Waals surface area contributed by atoms with Gasteiger partial charge in [0.25, 0.3) is 0 Å². The molecule has 0 spiro atoms.